The number of alkyl halides is 1. The summed E-state index contributed by atoms with van der Waals surface area (Å²) in [6, 6.07) is -0.216. The van der Waals surface area contributed by atoms with Crippen LogP contribution >= 0.6 is 11.6 Å². The molecule has 1 saturated heterocycles. The average molecular weight is 265 g/mol. The quantitative estimate of drug-likeness (QED) is 0.606. The molecule has 0 aromatic rings. The molecule has 0 aromatic heterocycles. The van der Waals surface area contributed by atoms with E-state index in [1.807, 2.05) is 6.08 Å². The van der Waals surface area contributed by atoms with Crippen molar-refractivity contribution in [1.82, 2.24) is 10.2 Å². The number of hydrogen-bond donors (Lipinski definition) is 3. The molecular formula is C10H17ClN2O4. The SMILES string of the molecule is CO.O=C1NCC=CN1C1OC(CO)CC1Cl. The van der Waals surface area contributed by atoms with Crippen molar-refractivity contribution in [2.45, 2.75) is 24.1 Å². The van der Waals surface area contributed by atoms with Crippen LogP contribution in [0.15, 0.2) is 12.3 Å². The van der Waals surface area contributed by atoms with Crippen molar-refractivity contribution in [3.05, 3.63) is 12.3 Å². The minimum Gasteiger partial charge on any atom is -0.400 e. The number of aliphatic hydroxyl groups is 2. The number of ether oxygens (including phenoxy) is 1. The molecule has 0 bridgehead atoms. The van der Waals surface area contributed by atoms with Gasteiger partial charge in [-0.15, -0.1) is 11.6 Å². The maximum atomic E-state index is 11.5. The summed E-state index contributed by atoms with van der Waals surface area (Å²) in [5.41, 5.74) is 0. The number of urea groups is 1. The molecule has 1 fully saturated rings. The Hall–Kier alpha value is -0.820. The van der Waals surface area contributed by atoms with E-state index in [2.05, 4.69) is 5.32 Å². The number of hydrogen-bond acceptors (Lipinski definition) is 4. The van der Waals surface area contributed by atoms with Crippen LogP contribution in [0.1, 0.15) is 6.42 Å². The maximum absolute atomic E-state index is 11.5. The number of halogens is 1. The van der Waals surface area contributed by atoms with Gasteiger partial charge in [-0.3, -0.25) is 4.90 Å². The van der Waals surface area contributed by atoms with Gasteiger partial charge >= 0.3 is 6.03 Å². The van der Waals surface area contributed by atoms with E-state index in [1.54, 1.807) is 6.20 Å². The summed E-state index contributed by atoms with van der Waals surface area (Å²) in [7, 11) is 1.00. The van der Waals surface area contributed by atoms with Crippen LogP contribution in [0.3, 0.4) is 0 Å². The van der Waals surface area contributed by atoms with Gasteiger partial charge in [0.1, 0.15) is 0 Å². The van der Waals surface area contributed by atoms with E-state index in [-0.39, 0.29) is 24.1 Å². The molecule has 2 aliphatic rings. The third-order valence-corrected chi connectivity index (χ3v) is 2.87. The highest BCUT2D eigenvalue weighted by Gasteiger charge is 2.39. The first kappa shape index (κ1) is 14.2. The summed E-state index contributed by atoms with van der Waals surface area (Å²) in [6.07, 6.45) is 3.28. The van der Waals surface area contributed by atoms with Crippen molar-refractivity contribution in [1.29, 1.82) is 0 Å². The van der Waals surface area contributed by atoms with Crippen LogP contribution in [0, 0.1) is 0 Å². The second kappa shape index (κ2) is 6.80. The lowest BCUT2D eigenvalue weighted by Crippen LogP contribution is -2.48. The predicted octanol–water partition coefficient (Wildman–Crippen LogP) is -0.152. The van der Waals surface area contributed by atoms with Crippen molar-refractivity contribution in [3.63, 3.8) is 0 Å². The van der Waals surface area contributed by atoms with E-state index in [4.69, 9.17) is 26.6 Å². The molecule has 3 N–H and O–H groups in total. The summed E-state index contributed by atoms with van der Waals surface area (Å²) in [6.45, 7) is 0.456. The smallest absolute Gasteiger partial charge is 0.323 e. The lowest BCUT2D eigenvalue weighted by atomic mass is 10.2. The summed E-state index contributed by atoms with van der Waals surface area (Å²) in [5.74, 6) is 0. The number of nitrogens with zero attached hydrogens (tertiary/aromatic N) is 1. The Morgan fingerprint density at radius 2 is 2.35 bits per heavy atom. The van der Waals surface area contributed by atoms with Crippen molar-refractivity contribution in [3.8, 4) is 0 Å². The summed E-state index contributed by atoms with van der Waals surface area (Å²) < 4.78 is 5.46. The van der Waals surface area contributed by atoms with E-state index in [0.717, 1.165) is 7.11 Å². The first-order valence-electron chi connectivity index (χ1n) is 5.30. The van der Waals surface area contributed by atoms with Crippen molar-refractivity contribution >= 4 is 17.6 Å². The van der Waals surface area contributed by atoms with E-state index in [1.165, 1.54) is 4.90 Å². The largest absolute Gasteiger partial charge is 0.400 e. The Morgan fingerprint density at radius 3 is 2.88 bits per heavy atom. The van der Waals surface area contributed by atoms with Crippen LogP contribution in [0.25, 0.3) is 0 Å². The predicted molar refractivity (Wildman–Crippen MR) is 62.5 cm³/mol. The summed E-state index contributed by atoms with van der Waals surface area (Å²) in [4.78, 5) is 12.9. The van der Waals surface area contributed by atoms with E-state index in [9.17, 15) is 4.79 Å². The van der Waals surface area contributed by atoms with Crippen LogP contribution in [-0.2, 0) is 4.74 Å². The highest BCUT2D eigenvalue weighted by atomic mass is 35.5. The number of aliphatic hydroxyl groups excluding tert-OH is 2. The Morgan fingerprint density at radius 1 is 1.65 bits per heavy atom. The van der Waals surface area contributed by atoms with Crippen molar-refractivity contribution in [2.24, 2.45) is 0 Å². The molecular weight excluding hydrogens is 248 g/mol. The Kier molecular flexibility index (Phi) is 5.70. The second-order valence-electron chi connectivity index (χ2n) is 3.56. The Bertz CT molecular complexity index is 287. The molecule has 3 atom stereocenters. The second-order valence-corrected chi connectivity index (χ2v) is 4.12. The van der Waals surface area contributed by atoms with Gasteiger partial charge in [0.15, 0.2) is 6.23 Å². The summed E-state index contributed by atoms with van der Waals surface area (Å²) >= 11 is 6.06. The van der Waals surface area contributed by atoms with Crippen LogP contribution in [0.4, 0.5) is 4.79 Å². The normalized spacial score (nSPS) is 31.9. The fraction of sp³-hybridized carbons (Fsp3) is 0.700. The van der Waals surface area contributed by atoms with Crippen LogP contribution in [0.2, 0.25) is 0 Å². The zero-order valence-electron chi connectivity index (χ0n) is 9.54. The molecule has 0 saturated carbocycles. The Labute approximate surface area is 105 Å². The zero-order chi connectivity index (χ0) is 12.8. The third kappa shape index (κ3) is 3.32. The molecule has 2 aliphatic heterocycles. The molecule has 17 heavy (non-hydrogen) atoms. The first-order chi connectivity index (χ1) is 8.22. The zero-order valence-corrected chi connectivity index (χ0v) is 10.3. The molecule has 0 aromatic carbocycles. The molecule has 2 amide bonds. The van der Waals surface area contributed by atoms with Crippen molar-refractivity contribution in [2.75, 3.05) is 20.3 Å². The molecule has 6 nitrogen and oxygen atoms in total. The van der Waals surface area contributed by atoms with Gasteiger partial charge in [-0.2, -0.15) is 0 Å². The van der Waals surface area contributed by atoms with Gasteiger partial charge in [0, 0.05) is 19.9 Å². The number of carbonyl (C=O) groups is 1. The fourth-order valence-corrected chi connectivity index (χ4v) is 2.11. The number of carbonyl (C=O) groups excluding carboxylic acids is 1. The molecule has 2 rings (SSSR count). The summed E-state index contributed by atoms with van der Waals surface area (Å²) in [5, 5.41) is 18.3. The van der Waals surface area contributed by atoms with Gasteiger partial charge in [-0.05, 0) is 12.5 Å². The third-order valence-electron chi connectivity index (χ3n) is 2.48. The monoisotopic (exact) mass is 264 g/mol. The van der Waals surface area contributed by atoms with Gasteiger partial charge in [-0.25, -0.2) is 4.79 Å². The first-order valence-corrected chi connectivity index (χ1v) is 5.74. The molecule has 0 radical (unpaired) electrons. The average Bonchev–Trinajstić information content (AvgIpc) is 2.74. The molecule has 98 valence electrons. The van der Waals surface area contributed by atoms with Crippen LogP contribution in [-0.4, -0.2) is 59.1 Å². The van der Waals surface area contributed by atoms with Crippen molar-refractivity contribution < 1.29 is 19.7 Å². The van der Waals surface area contributed by atoms with E-state index >= 15 is 0 Å². The maximum Gasteiger partial charge on any atom is 0.323 e. The van der Waals surface area contributed by atoms with E-state index in [0.29, 0.717) is 13.0 Å². The fourth-order valence-electron chi connectivity index (χ4n) is 1.73. The topological polar surface area (TPSA) is 82.0 Å². The Balaban J connectivity index is 0.000000686. The van der Waals surface area contributed by atoms with Crippen LogP contribution in [0.5, 0.6) is 0 Å². The lowest BCUT2D eigenvalue weighted by molar-refractivity contribution is -0.0359. The highest BCUT2D eigenvalue weighted by molar-refractivity contribution is 6.21. The molecule has 0 aliphatic carbocycles. The molecule has 3 unspecified atom stereocenters. The van der Waals surface area contributed by atoms with Gasteiger partial charge in [-0.1, -0.05) is 0 Å². The number of rotatable bonds is 2. The molecule has 7 heteroatoms. The van der Waals surface area contributed by atoms with Gasteiger partial charge in [0.2, 0.25) is 0 Å². The number of amides is 2. The van der Waals surface area contributed by atoms with E-state index < -0.39 is 6.23 Å². The lowest BCUT2D eigenvalue weighted by Gasteiger charge is -2.29. The van der Waals surface area contributed by atoms with Gasteiger partial charge in [0.25, 0.3) is 0 Å². The number of nitrogens with one attached hydrogen (secondary N) is 1. The molecule has 0 spiro atoms. The molecule has 2 heterocycles. The van der Waals surface area contributed by atoms with Gasteiger partial charge < -0.3 is 20.3 Å². The van der Waals surface area contributed by atoms with Crippen LogP contribution < -0.4 is 5.32 Å². The standard InChI is InChI=1S/C9H13ClN2O3.CH4O/c10-7-4-6(5-13)15-8(7)12-3-1-2-11-9(12)14;1-2/h1,3,6-8,13H,2,4-5H2,(H,11,14);2H,1H3. The van der Waals surface area contributed by atoms with Gasteiger partial charge in [0.05, 0.1) is 18.1 Å². The highest BCUT2D eigenvalue weighted by Crippen LogP contribution is 2.28. The minimum absolute atomic E-state index is 0.0705. The minimum atomic E-state index is -0.486.